The number of benzene rings is 1. The number of nitrogens with one attached hydrogen (secondary N) is 3. The van der Waals surface area contributed by atoms with Gasteiger partial charge in [-0.2, -0.15) is 0 Å². The van der Waals surface area contributed by atoms with E-state index in [1.54, 1.807) is 0 Å². The van der Waals surface area contributed by atoms with Gasteiger partial charge >= 0.3 is 0 Å². The van der Waals surface area contributed by atoms with Crippen LogP contribution in [-0.2, 0) is 5.41 Å². The SMILES string of the molecule is CC1CC(NC(=O)c2ccc(C(C)(C)C)cc2)NN1. The van der Waals surface area contributed by atoms with Crippen molar-refractivity contribution in [2.45, 2.75) is 51.7 Å². The third-order valence-corrected chi connectivity index (χ3v) is 3.41. The summed E-state index contributed by atoms with van der Waals surface area (Å²) in [6.45, 7) is 8.57. The maximum absolute atomic E-state index is 12.1. The van der Waals surface area contributed by atoms with E-state index in [-0.39, 0.29) is 17.5 Å². The van der Waals surface area contributed by atoms with Gasteiger partial charge in [-0.15, -0.1) is 0 Å². The Bertz CT molecular complexity index is 447. The fourth-order valence-electron chi connectivity index (χ4n) is 2.17. The molecule has 3 N–H and O–H groups in total. The molecule has 2 unspecified atom stereocenters. The number of carbonyl (C=O) groups is 1. The van der Waals surface area contributed by atoms with Gasteiger partial charge in [0.2, 0.25) is 0 Å². The summed E-state index contributed by atoms with van der Waals surface area (Å²) in [7, 11) is 0. The zero-order chi connectivity index (χ0) is 14.0. The summed E-state index contributed by atoms with van der Waals surface area (Å²) >= 11 is 0. The van der Waals surface area contributed by atoms with Gasteiger partial charge in [0.25, 0.3) is 5.91 Å². The van der Waals surface area contributed by atoms with Crippen LogP contribution in [0.2, 0.25) is 0 Å². The molecule has 0 aliphatic carbocycles. The van der Waals surface area contributed by atoms with Crippen molar-refractivity contribution in [3.63, 3.8) is 0 Å². The highest BCUT2D eigenvalue weighted by Gasteiger charge is 2.22. The normalized spacial score (nSPS) is 23.4. The number of carbonyl (C=O) groups excluding carboxylic acids is 1. The standard InChI is InChI=1S/C15H23N3O/c1-10-9-13(18-17-10)16-14(19)11-5-7-12(8-6-11)15(2,3)4/h5-8,10,13,17-18H,9H2,1-4H3,(H,16,19). The van der Waals surface area contributed by atoms with E-state index in [1.165, 1.54) is 5.56 Å². The van der Waals surface area contributed by atoms with Crippen LogP contribution in [0.5, 0.6) is 0 Å². The number of hydrazine groups is 1. The van der Waals surface area contributed by atoms with Crippen molar-refractivity contribution in [3.8, 4) is 0 Å². The maximum atomic E-state index is 12.1. The lowest BCUT2D eigenvalue weighted by atomic mass is 9.87. The summed E-state index contributed by atoms with van der Waals surface area (Å²) in [6, 6.07) is 8.22. The molecule has 0 spiro atoms. The average molecular weight is 261 g/mol. The first-order chi connectivity index (χ1) is 8.86. The molecule has 1 saturated heterocycles. The van der Waals surface area contributed by atoms with Crippen molar-refractivity contribution < 1.29 is 4.79 Å². The van der Waals surface area contributed by atoms with E-state index in [1.807, 2.05) is 24.3 Å². The highest BCUT2D eigenvalue weighted by Crippen LogP contribution is 2.22. The second-order valence-corrected chi connectivity index (χ2v) is 6.28. The summed E-state index contributed by atoms with van der Waals surface area (Å²) in [5, 5.41) is 2.97. The Hall–Kier alpha value is -1.39. The predicted molar refractivity (Wildman–Crippen MR) is 76.7 cm³/mol. The molecule has 1 heterocycles. The zero-order valence-corrected chi connectivity index (χ0v) is 12.1. The van der Waals surface area contributed by atoms with E-state index in [0.29, 0.717) is 11.6 Å². The average Bonchev–Trinajstić information content (AvgIpc) is 2.74. The van der Waals surface area contributed by atoms with Crippen LogP contribution in [-0.4, -0.2) is 18.1 Å². The lowest BCUT2D eigenvalue weighted by Crippen LogP contribution is -2.44. The molecular weight excluding hydrogens is 238 g/mol. The van der Waals surface area contributed by atoms with E-state index >= 15 is 0 Å². The van der Waals surface area contributed by atoms with Crippen LogP contribution in [0, 0.1) is 0 Å². The second kappa shape index (κ2) is 5.31. The highest BCUT2D eigenvalue weighted by atomic mass is 16.1. The molecule has 1 aromatic carbocycles. The van der Waals surface area contributed by atoms with Crippen LogP contribution in [0.3, 0.4) is 0 Å². The molecular formula is C15H23N3O. The maximum Gasteiger partial charge on any atom is 0.252 e. The van der Waals surface area contributed by atoms with Gasteiger partial charge in [0, 0.05) is 11.6 Å². The lowest BCUT2D eigenvalue weighted by molar-refractivity contribution is 0.0932. The van der Waals surface area contributed by atoms with Crippen LogP contribution >= 0.6 is 0 Å². The predicted octanol–water partition coefficient (Wildman–Crippen LogP) is 1.93. The summed E-state index contributed by atoms with van der Waals surface area (Å²) in [5.41, 5.74) is 8.20. The van der Waals surface area contributed by atoms with Gasteiger partial charge in [0.05, 0.1) is 6.17 Å². The van der Waals surface area contributed by atoms with Crippen molar-refractivity contribution in [2.75, 3.05) is 0 Å². The molecule has 0 radical (unpaired) electrons. The molecule has 1 amide bonds. The van der Waals surface area contributed by atoms with Crippen molar-refractivity contribution in [3.05, 3.63) is 35.4 Å². The minimum Gasteiger partial charge on any atom is -0.335 e. The number of hydrogen-bond acceptors (Lipinski definition) is 3. The zero-order valence-electron chi connectivity index (χ0n) is 12.1. The van der Waals surface area contributed by atoms with Gasteiger partial charge in [-0.05, 0) is 36.5 Å². The van der Waals surface area contributed by atoms with Crippen LogP contribution in [0.25, 0.3) is 0 Å². The Labute approximate surface area is 114 Å². The van der Waals surface area contributed by atoms with Crippen LogP contribution in [0.15, 0.2) is 24.3 Å². The fraction of sp³-hybridized carbons (Fsp3) is 0.533. The smallest absolute Gasteiger partial charge is 0.252 e. The molecule has 1 aromatic rings. The summed E-state index contributed by atoms with van der Waals surface area (Å²) in [5.74, 6) is -0.0335. The third-order valence-electron chi connectivity index (χ3n) is 3.41. The Balaban J connectivity index is 2.00. The third kappa shape index (κ3) is 3.55. The Morgan fingerprint density at radius 3 is 2.32 bits per heavy atom. The van der Waals surface area contributed by atoms with E-state index in [2.05, 4.69) is 43.9 Å². The molecule has 1 aliphatic rings. The molecule has 19 heavy (non-hydrogen) atoms. The number of amides is 1. The molecule has 0 aromatic heterocycles. The summed E-state index contributed by atoms with van der Waals surface area (Å²) in [6.07, 6.45) is 0.899. The second-order valence-electron chi connectivity index (χ2n) is 6.28. The minimum absolute atomic E-state index is 0.00444. The van der Waals surface area contributed by atoms with E-state index < -0.39 is 0 Å². The van der Waals surface area contributed by atoms with Gasteiger partial charge in [-0.3, -0.25) is 10.2 Å². The summed E-state index contributed by atoms with van der Waals surface area (Å²) < 4.78 is 0. The topological polar surface area (TPSA) is 53.2 Å². The molecule has 0 bridgehead atoms. The van der Waals surface area contributed by atoms with Crippen LogP contribution < -0.4 is 16.2 Å². The molecule has 1 fully saturated rings. The van der Waals surface area contributed by atoms with Crippen molar-refractivity contribution >= 4 is 5.91 Å². The van der Waals surface area contributed by atoms with Gasteiger partial charge in [0.1, 0.15) is 0 Å². The molecule has 1 aliphatic heterocycles. The molecule has 0 saturated carbocycles. The van der Waals surface area contributed by atoms with Gasteiger partial charge in [0.15, 0.2) is 0 Å². The van der Waals surface area contributed by atoms with E-state index in [4.69, 9.17) is 0 Å². The molecule has 4 heteroatoms. The van der Waals surface area contributed by atoms with Crippen LogP contribution in [0.1, 0.15) is 50.0 Å². The quantitative estimate of drug-likeness (QED) is 0.762. The van der Waals surface area contributed by atoms with Crippen molar-refractivity contribution in [1.29, 1.82) is 0 Å². The Kier molecular flexibility index (Phi) is 3.92. The monoisotopic (exact) mass is 261 g/mol. The highest BCUT2D eigenvalue weighted by molar-refractivity contribution is 5.94. The van der Waals surface area contributed by atoms with Crippen molar-refractivity contribution in [1.82, 2.24) is 16.2 Å². The first-order valence-electron chi connectivity index (χ1n) is 6.79. The molecule has 104 valence electrons. The largest absolute Gasteiger partial charge is 0.335 e. The molecule has 2 atom stereocenters. The van der Waals surface area contributed by atoms with Gasteiger partial charge in [-0.25, -0.2) is 5.43 Å². The molecule has 4 nitrogen and oxygen atoms in total. The Morgan fingerprint density at radius 1 is 1.21 bits per heavy atom. The van der Waals surface area contributed by atoms with Gasteiger partial charge in [-0.1, -0.05) is 32.9 Å². The number of hydrogen-bond donors (Lipinski definition) is 3. The summed E-state index contributed by atoms with van der Waals surface area (Å²) in [4.78, 5) is 12.1. The van der Waals surface area contributed by atoms with E-state index in [9.17, 15) is 4.79 Å². The fourth-order valence-corrected chi connectivity index (χ4v) is 2.17. The molecule has 2 rings (SSSR count). The van der Waals surface area contributed by atoms with E-state index in [0.717, 1.165) is 6.42 Å². The lowest BCUT2D eigenvalue weighted by Gasteiger charge is -2.19. The minimum atomic E-state index is -0.0335. The first-order valence-corrected chi connectivity index (χ1v) is 6.79. The number of rotatable bonds is 2. The van der Waals surface area contributed by atoms with Crippen LogP contribution in [0.4, 0.5) is 0 Å². The van der Waals surface area contributed by atoms with Gasteiger partial charge < -0.3 is 5.32 Å². The Morgan fingerprint density at radius 2 is 1.84 bits per heavy atom. The van der Waals surface area contributed by atoms with Crippen molar-refractivity contribution in [2.24, 2.45) is 0 Å². The first kappa shape index (κ1) is 14.0.